The molecule has 3 heterocycles. The van der Waals surface area contributed by atoms with Gasteiger partial charge in [0, 0.05) is 37.1 Å². The number of aromatic nitrogens is 2. The third-order valence-electron chi connectivity index (χ3n) is 3.80. The van der Waals surface area contributed by atoms with Gasteiger partial charge < -0.3 is 4.90 Å². The van der Waals surface area contributed by atoms with E-state index in [1.54, 1.807) is 11.3 Å². The molecule has 4 heteroatoms. The summed E-state index contributed by atoms with van der Waals surface area (Å²) in [5.41, 5.74) is 1.24. The van der Waals surface area contributed by atoms with Gasteiger partial charge in [-0.3, -0.25) is 4.98 Å². The predicted octanol–water partition coefficient (Wildman–Crippen LogP) is 3.96. The lowest BCUT2D eigenvalue weighted by Crippen LogP contribution is -2.16. The quantitative estimate of drug-likeness (QED) is 0.712. The number of nitrogens with zero attached hydrogens (tertiary/aromatic N) is 3. The van der Waals surface area contributed by atoms with Crippen LogP contribution < -0.4 is 4.90 Å². The Labute approximate surface area is 121 Å². The summed E-state index contributed by atoms with van der Waals surface area (Å²) < 4.78 is 0. The van der Waals surface area contributed by atoms with Crippen LogP contribution in [0.1, 0.15) is 12.8 Å². The second kappa shape index (κ2) is 4.87. The molecule has 1 aliphatic rings. The van der Waals surface area contributed by atoms with Gasteiger partial charge in [-0.1, -0.05) is 23.5 Å². The molecule has 0 radical (unpaired) electrons. The van der Waals surface area contributed by atoms with E-state index >= 15 is 0 Å². The summed E-state index contributed by atoms with van der Waals surface area (Å²) in [6.45, 7) is 2.30. The Balaban J connectivity index is 1.71. The maximum Gasteiger partial charge on any atom is 0.185 e. The summed E-state index contributed by atoms with van der Waals surface area (Å²) in [5, 5.41) is 3.57. The van der Waals surface area contributed by atoms with Crippen molar-refractivity contribution in [1.82, 2.24) is 9.97 Å². The minimum absolute atomic E-state index is 1.15. The highest BCUT2D eigenvalue weighted by Gasteiger charge is 2.16. The van der Waals surface area contributed by atoms with Crippen LogP contribution in [-0.4, -0.2) is 23.1 Å². The first kappa shape index (κ1) is 11.9. The third kappa shape index (κ3) is 2.06. The van der Waals surface area contributed by atoms with E-state index in [0.29, 0.717) is 0 Å². The van der Waals surface area contributed by atoms with Crippen molar-refractivity contribution in [3.63, 3.8) is 0 Å². The highest BCUT2D eigenvalue weighted by Crippen LogP contribution is 2.33. The Bertz CT molecular complexity index is 744. The van der Waals surface area contributed by atoms with E-state index in [1.807, 2.05) is 18.6 Å². The fourth-order valence-electron chi connectivity index (χ4n) is 2.69. The first-order chi connectivity index (χ1) is 9.90. The zero-order chi connectivity index (χ0) is 13.4. The Morgan fingerprint density at radius 3 is 2.80 bits per heavy atom. The highest BCUT2D eigenvalue weighted by molar-refractivity contribution is 7.18. The zero-order valence-corrected chi connectivity index (χ0v) is 11.9. The number of hydrogen-bond acceptors (Lipinski definition) is 4. The minimum Gasteiger partial charge on any atom is -0.348 e. The smallest absolute Gasteiger partial charge is 0.185 e. The number of rotatable bonds is 2. The number of fused-ring (bicyclic) bond motifs is 1. The molecule has 0 unspecified atom stereocenters. The molecule has 3 aromatic rings. The summed E-state index contributed by atoms with van der Waals surface area (Å²) in [7, 11) is 0. The molecule has 1 fully saturated rings. The van der Waals surface area contributed by atoms with Gasteiger partial charge in [-0.25, -0.2) is 4.98 Å². The standard InChI is InChI=1S/C16H15N3S/c1-2-8-19(7-1)16-18-11-15(20-16)13-3-4-14-10-17-6-5-12(14)9-13/h3-6,9-11H,1-2,7-8H2. The van der Waals surface area contributed by atoms with Crippen LogP contribution in [0.4, 0.5) is 5.13 Å². The van der Waals surface area contributed by atoms with Crippen molar-refractivity contribution in [3.8, 4) is 10.4 Å². The number of hydrogen-bond donors (Lipinski definition) is 0. The molecule has 0 spiro atoms. The van der Waals surface area contributed by atoms with Gasteiger partial charge in [0.1, 0.15) is 0 Å². The van der Waals surface area contributed by atoms with Crippen molar-refractivity contribution in [3.05, 3.63) is 42.9 Å². The van der Waals surface area contributed by atoms with E-state index in [9.17, 15) is 0 Å². The second-order valence-electron chi connectivity index (χ2n) is 5.14. The average molecular weight is 281 g/mol. The molecule has 0 saturated carbocycles. The summed E-state index contributed by atoms with van der Waals surface area (Å²) in [6, 6.07) is 8.57. The lowest BCUT2D eigenvalue weighted by Gasteiger charge is -2.12. The van der Waals surface area contributed by atoms with Crippen molar-refractivity contribution < 1.29 is 0 Å². The molecule has 4 rings (SSSR count). The van der Waals surface area contributed by atoms with E-state index in [-0.39, 0.29) is 0 Å². The van der Waals surface area contributed by atoms with Gasteiger partial charge in [-0.05, 0) is 35.9 Å². The molecule has 1 aromatic carbocycles. The molecule has 1 aliphatic heterocycles. The summed E-state index contributed by atoms with van der Waals surface area (Å²) >= 11 is 1.79. The van der Waals surface area contributed by atoms with Crippen LogP contribution in [0.2, 0.25) is 0 Å². The SMILES string of the molecule is c1cc2cc(-c3cnc(N4CCCC4)s3)ccc2cn1. The topological polar surface area (TPSA) is 29.0 Å². The zero-order valence-electron chi connectivity index (χ0n) is 11.1. The van der Waals surface area contributed by atoms with Crippen LogP contribution in [0.5, 0.6) is 0 Å². The van der Waals surface area contributed by atoms with E-state index in [1.165, 1.54) is 34.1 Å². The Morgan fingerprint density at radius 1 is 1.00 bits per heavy atom. The van der Waals surface area contributed by atoms with Gasteiger partial charge in [0.15, 0.2) is 5.13 Å². The lowest BCUT2D eigenvalue weighted by atomic mass is 10.1. The van der Waals surface area contributed by atoms with Crippen LogP contribution in [0, 0.1) is 0 Å². The maximum atomic E-state index is 4.59. The number of benzene rings is 1. The number of pyridine rings is 1. The molecule has 1 saturated heterocycles. The van der Waals surface area contributed by atoms with Crippen molar-refractivity contribution in [2.45, 2.75) is 12.8 Å². The lowest BCUT2D eigenvalue weighted by molar-refractivity contribution is 0.949. The Morgan fingerprint density at radius 2 is 1.90 bits per heavy atom. The van der Waals surface area contributed by atoms with Crippen LogP contribution in [0.25, 0.3) is 21.2 Å². The van der Waals surface area contributed by atoms with E-state index in [4.69, 9.17) is 0 Å². The van der Waals surface area contributed by atoms with E-state index in [2.05, 4.69) is 39.1 Å². The van der Waals surface area contributed by atoms with E-state index < -0.39 is 0 Å². The second-order valence-corrected chi connectivity index (χ2v) is 6.15. The van der Waals surface area contributed by atoms with Gasteiger partial charge in [0.25, 0.3) is 0 Å². The Hall–Kier alpha value is -1.94. The van der Waals surface area contributed by atoms with Crippen molar-refractivity contribution >= 4 is 27.2 Å². The summed E-state index contributed by atoms with van der Waals surface area (Å²) in [5.74, 6) is 0. The molecule has 0 N–H and O–H groups in total. The van der Waals surface area contributed by atoms with E-state index in [0.717, 1.165) is 18.2 Å². The molecule has 0 aliphatic carbocycles. The predicted molar refractivity (Wildman–Crippen MR) is 84.3 cm³/mol. The summed E-state index contributed by atoms with van der Waals surface area (Å²) in [6.07, 6.45) is 8.33. The first-order valence-electron chi connectivity index (χ1n) is 6.95. The van der Waals surface area contributed by atoms with Crippen LogP contribution >= 0.6 is 11.3 Å². The molecule has 100 valence electrons. The van der Waals surface area contributed by atoms with Gasteiger partial charge in [-0.2, -0.15) is 0 Å². The summed E-state index contributed by atoms with van der Waals surface area (Å²) in [4.78, 5) is 12.4. The minimum atomic E-state index is 1.15. The van der Waals surface area contributed by atoms with Crippen LogP contribution in [0.15, 0.2) is 42.9 Å². The van der Waals surface area contributed by atoms with Gasteiger partial charge in [0.05, 0.1) is 4.88 Å². The average Bonchev–Trinajstić information content (AvgIpc) is 3.17. The molecule has 2 aromatic heterocycles. The van der Waals surface area contributed by atoms with Gasteiger partial charge in [0.2, 0.25) is 0 Å². The molecule has 20 heavy (non-hydrogen) atoms. The monoisotopic (exact) mass is 281 g/mol. The van der Waals surface area contributed by atoms with Crippen molar-refractivity contribution in [2.24, 2.45) is 0 Å². The molecular formula is C16H15N3S. The highest BCUT2D eigenvalue weighted by atomic mass is 32.1. The third-order valence-corrected chi connectivity index (χ3v) is 4.90. The number of anilines is 1. The number of thiazole rings is 1. The van der Waals surface area contributed by atoms with Crippen LogP contribution in [0.3, 0.4) is 0 Å². The molecule has 3 nitrogen and oxygen atoms in total. The molecule has 0 bridgehead atoms. The van der Waals surface area contributed by atoms with Crippen molar-refractivity contribution in [2.75, 3.05) is 18.0 Å². The van der Waals surface area contributed by atoms with Crippen molar-refractivity contribution in [1.29, 1.82) is 0 Å². The normalized spacial score (nSPS) is 15.1. The molecule has 0 atom stereocenters. The fraction of sp³-hybridized carbons (Fsp3) is 0.250. The fourth-order valence-corrected chi connectivity index (χ4v) is 3.65. The maximum absolute atomic E-state index is 4.59. The van der Waals surface area contributed by atoms with Gasteiger partial charge in [-0.15, -0.1) is 0 Å². The van der Waals surface area contributed by atoms with Gasteiger partial charge >= 0.3 is 0 Å². The largest absolute Gasteiger partial charge is 0.348 e. The molecule has 0 amide bonds. The molecular weight excluding hydrogens is 266 g/mol. The van der Waals surface area contributed by atoms with Crippen LogP contribution in [-0.2, 0) is 0 Å². The Kier molecular flexibility index (Phi) is 2.89. The first-order valence-corrected chi connectivity index (χ1v) is 7.77.